The third-order valence-electron chi connectivity index (χ3n) is 7.62. The zero-order valence-electron chi connectivity index (χ0n) is 23.4. The highest BCUT2D eigenvalue weighted by Crippen LogP contribution is 2.28. The number of ether oxygens (including phenoxy) is 2. The lowest BCUT2D eigenvalue weighted by atomic mass is 10.0. The summed E-state index contributed by atoms with van der Waals surface area (Å²) in [5.41, 5.74) is 6.99. The molecule has 1 unspecified atom stereocenters. The predicted molar refractivity (Wildman–Crippen MR) is 157 cm³/mol. The van der Waals surface area contributed by atoms with E-state index in [9.17, 15) is 9.18 Å². The lowest BCUT2D eigenvalue weighted by Crippen LogP contribution is -2.31. The van der Waals surface area contributed by atoms with Crippen molar-refractivity contribution < 1.29 is 18.7 Å². The molecule has 1 aliphatic rings. The Bertz CT molecular complexity index is 1850. The van der Waals surface area contributed by atoms with E-state index in [2.05, 4.69) is 21.7 Å². The van der Waals surface area contributed by atoms with E-state index < -0.39 is 5.82 Å². The summed E-state index contributed by atoms with van der Waals surface area (Å²) >= 11 is 0. The van der Waals surface area contributed by atoms with Crippen molar-refractivity contribution in [2.24, 2.45) is 0 Å². The van der Waals surface area contributed by atoms with Crippen LogP contribution in [0.5, 0.6) is 5.88 Å². The van der Waals surface area contributed by atoms with Crippen molar-refractivity contribution in [3.63, 3.8) is 0 Å². The van der Waals surface area contributed by atoms with Crippen LogP contribution in [0, 0.1) is 24.1 Å². The van der Waals surface area contributed by atoms with Gasteiger partial charge in [-0.1, -0.05) is 30.3 Å². The van der Waals surface area contributed by atoms with E-state index in [1.807, 2.05) is 49.4 Å². The second kappa shape index (κ2) is 11.6. The van der Waals surface area contributed by atoms with Crippen LogP contribution in [0.25, 0.3) is 22.3 Å². The van der Waals surface area contributed by atoms with Crippen LogP contribution in [0.3, 0.4) is 0 Å². The van der Waals surface area contributed by atoms with Gasteiger partial charge in [-0.2, -0.15) is 5.26 Å². The summed E-state index contributed by atoms with van der Waals surface area (Å²) in [7, 11) is 0. The lowest BCUT2D eigenvalue weighted by Gasteiger charge is -2.27. The molecule has 0 amide bonds. The van der Waals surface area contributed by atoms with Gasteiger partial charge in [-0.25, -0.2) is 14.4 Å². The molecule has 0 spiro atoms. The first kappa shape index (κ1) is 27.3. The topological polar surface area (TPSA) is 90.0 Å². The average Bonchev–Trinajstić information content (AvgIpc) is 3.30. The molecule has 0 radical (unpaired) electrons. The van der Waals surface area contributed by atoms with E-state index >= 15 is 0 Å². The molecule has 2 aromatic heterocycles. The van der Waals surface area contributed by atoms with Gasteiger partial charge in [0, 0.05) is 35.8 Å². The number of imidazole rings is 1. The number of carbonyl (C=O) groups is 1. The molecule has 8 heteroatoms. The molecule has 1 aliphatic heterocycles. The number of Topliss-reactive ketones (excluding diaryl/α,β-unsaturated/α-hetero) is 1. The average molecular weight is 561 g/mol. The number of ketones is 1. The number of fused-ring (bicyclic) bond motifs is 1. The highest BCUT2D eigenvalue weighted by Gasteiger charge is 2.22. The number of nitriles is 1. The van der Waals surface area contributed by atoms with Gasteiger partial charge in [0.2, 0.25) is 5.88 Å². The van der Waals surface area contributed by atoms with Gasteiger partial charge in [-0.05, 0) is 67.8 Å². The predicted octanol–water partition coefficient (Wildman–Crippen LogP) is 6.58. The summed E-state index contributed by atoms with van der Waals surface area (Å²) in [6, 6.07) is 23.7. The fraction of sp³-hybridized carbons (Fsp3) is 0.235. The molecule has 0 N–H and O–H groups in total. The van der Waals surface area contributed by atoms with Crippen LogP contribution in [0.2, 0.25) is 0 Å². The standard InChI is InChI=1S/C34H29FN4O3/c1-21-14-23(16-33-37-31-11-9-25(22(2)40)17-32(31)39(33)19-27-12-13-41-27)7-10-28(21)30-4-3-5-34(38-30)42-20-26-8-6-24(18-36)15-29(26)35/h3-11,14-15,17,27H,12-13,16,19-20H2,1-2H3. The molecule has 1 fully saturated rings. The maximum absolute atomic E-state index is 14.3. The molecule has 1 atom stereocenters. The second-order valence-corrected chi connectivity index (χ2v) is 10.6. The van der Waals surface area contributed by atoms with Crippen molar-refractivity contribution in [2.75, 3.05) is 6.61 Å². The lowest BCUT2D eigenvalue weighted by molar-refractivity contribution is -0.0589. The smallest absolute Gasteiger partial charge is 0.214 e. The number of benzene rings is 3. The first-order chi connectivity index (χ1) is 20.4. The highest BCUT2D eigenvalue weighted by atomic mass is 19.1. The number of hydrogen-bond acceptors (Lipinski definition) is 6. The van der Waals surface area contributed by atoms with Gasteiger partial charge in [-0.15, -0.1) is 0 Å². The monoisotopic (exact) mass is 560 g/mol. The Hall–Kier alpha value is -4.87. The van der Waals surface area contributed by atoms with Gasteiger partial charge >= 0.3 is 0 Å². The summed E-state index contributed by atoms with van der Waals surface area (Å²) in [4.78, 5) is 21.6. The first-order valence-corrected chi connectivity index (χ1v) is 13.9. The number of carbonyl (C=O) groups excluding carboxylic acids is 1. The maximum Gasteiger partial charge on any atom is 0.214 e. The molecule has 42 heavy (non-hydrogen) atoms. The van der Waals surface area contributed by atoms with Gasteiger partial charge in [-0.3, -0.25) is 4.79 Å². The Morgan fingerprint density at radius 2 is 1.98 bits per heavy atom. The quantitative estimate of drug-likeness (QED) is 0.189. The number of nitrogens with zero attached hydrogens (tertiary/aromatic N) is 4. The molecule has 1 saturated heterocycles. The maximum atomic E-state index is 14.3. The largest absolute Gasteiger partial charge is 0.473 e. The first-order valence-electron chi connectivity index (χ1n) is 13.9. The Morgan fingerprint density at radius 1 is 1.12 bits per heavy atom. The Labute approximate surface area is 243 Å². The molecule has 3 aromatic carbocycles. The molecule has 6 rings (SSSR count). The third kappa shape index (κ3) is 5.65. The number of hydrogen-bond donors (Lipinski definition) is 0. The van der Waals surface area contributed by atoms with Gasteiger partial charge in [0.1, 0.15) is 18.2 Å². The zero-order chi connectivity index (χ0) is 29.2. The molecule has 210 valence electrons. The Kier molecular flexibility index (Phi) is 7.51. The fourth-order valence-electron chi connectivity index (χ4n) is 5.20. The molecule has 5 aromatic rings. The van der Waals surface area contributed by atoms with Crippen molar-refractivity contribution in [3.8, 4) is 23.2 Å². The van der Waals surface area contributed by atoms with E-state index in [0.717, 1.165) is 52.3 Å². The summed E-state index contributed by atoms with van der Waals surface area (Å²) in [6.07, 6.45) is 1.79. The molecular weight excluding hydrogens is 531 g/mol. The van der Waals surface area contributed by atoms with Crippen LogP contribution in [0.4, 0.5) is 4.39 Å². The second-order valence-electron chi connectivity index (χ2n) is 10.6. The minimum atomic E-state index is -0.482. The summed E-state index contributed by atoms with van der Waals surface area (Å²) < 4.78 is 28.0. The van der Waals surface area contributed by atoms with Crippen LogP contribution >= 0.6 is 0 Å². The van der Waals surface area contributed by atoms with Crippen LogP contribution in [-0.4, -0.2) is 33.0 Å². The molecular formula is C34H29FN4O3. The van der Waals surface area contributed by atoms with Crippen LogP contribution in [0.1, 0.15) is 51.8 Å². The molecule has 0 aliphatic carbocycles. The van der Waals surface area contributed by atoms with Gasteiger partial charge in [0.25, 0.3) is 0 Å². The molecule has 3 heterocycles. The van der Waals surface area contributed by atoms with Crippen LogP contribution < -0.4 is 4.74 Å². The molecule has 0 saturated carbocycles. The number of rotatable bonds is 9. The third-order valence-corrected chi connectivity index (χ3v) is 7.62. The van der Waals surface area contributed by atoms with Crippen LogP contribution in [0.15, 0.2) is 72.8 Å². The number of aryl methyl sites for hydroxylation is 1. The summed E-state index contributed by atoms with van der Waals surface area (Å²) in [5, 5.41) is 8.95. The summed E-state index contributed by atoms with van der Waals surface area (Å²) in [6.45, 7) is 5.11. The number of aromatic nitrogens is 3. The minimum absolute atomic E-state index is 0.00667. The SMILES string of the molecule is CC(=O)c1ccc2nc(Cc3ccc(-c4cccc(OCc5ccc(C#N)cc5F)n4)c(C)c3)n(CC3CCO3)c2c1. The molecule has 0 bridgehead atoms. The van der Waals surface area contributed by atoms with Gasteiger partial charge < -0.3 is 14.0 Å². The van der Waals surface area contributed by atoms with E-state index in [1.165, 1.54) is 6.07 Å². The van der Waals surface area contributed by atoms with E-state index in [1.54, 1.807) is 25.1 Å². The van der Waals surface area contributed by atoms with E-state index in [4.69, 9.17) is 19.7 Å². The fourth-order valence-corrected chi connectivity index (χ4v) is 5.20. The van der Waals surface area contributed by atoms with Gasteiger partial charge in [0.15, 0.2) is 5.78 Å². The summed E-state index contributed by atoms with van der Waals surface area (Å²) in [5.74, 6) is 0.861. The zero-order valence-corrected chi connectivity index (χ0v) is 23.4. The Morgan fingerprint density at radius 3 is 2.69 bits per heavy atom. The number of halogens is 1. The van der Waals surface area contributed by atoms with Crippen molar-refractivity contribution in [2.45, 2.75) is 45.9 Å². The van der Waals surface area contributed by atoms with E-state index in [0.29, 0.717) is 30.0 Å². The molecule has 7 nitrogen and oxygen atoms in total. The highest BCUT2D eigenvalue weighted by molar-refractivity contribution is 5.97. The minimum Gasteiger partial charge on any atom is -0.473 e. The van der Waals surface area contributed by atoms with Crippen molar-refractivity contribution in [1.82, 2.24) is 14.5 Å². The van der Waals surface area contributed by atoms with Crippen molar-refractivity contribution in [1.29, 1.82) is 5.26 Å². The van der Waals surface area contributed by atoms with Crippen molar-refractivity contribution >= 4 is 16.8 Å². The van der Waals surface area contributed by atoms with Gasteiger partial charge in [0.05, 0.1) is 41.0 Å². The Balaban J connectivity index is 1.23. The van der Waals surface area contributed by atoms with Crippen LogP contribution in [-0.2, 0) is 24.3 Å². The number of pyridine rings is 1. The van der Waals surface area contributed by atoms with Crippen molar-refractivity contribution in [3.05, 3.63) is 112 Å². The van der Waals surface area contributed by atoms with E-state index in [-0.39, 0.29) is 24.1 Å². The normalized spacial score (nSPS) is 14.4.